The van der Waals surface area contributed by atoms with Gasteiger partial charge in [0.05, 0.1) is 23.1 Å². The summed E-state index contributed by atoms with van der Waals surface area (Å²) in [5.74, 6) is 0.177. The van der Waals surface area contributed by atoms with Crippen molar-refractivity contribution in [3.05, 3.63) is 54.1 Å². The summed E-state index contributed by atoms with van der Waals surface area (Å²) < 4.78 is 1.62. The molecule has 2 N–H and O–H groups in total. The molecule has 0 fully saturated rings. The molecule has 6 heteroatoms. The first-order valence-corrected chi connectivity index (χ1v) is 8.56. The first kappa shape index (κ1) is 16.5. The number of carbonyl (C=O) groups is 2. The molecular weight excluding hydrogens is 330 g/mol. The summed E-state index contributed by atoms with van der Waals surface area (Å²) in [4.78, 5) is 30.5. The van der Waals surface area contributed by atoms with Gasteiger partial charge in [0.2, 0.25) is 11.8 Å². The maximum atomic E-state index is 13.5. The largest absolute Gasteiger partial charge is 0.395 e. The van der Waals surface area contributed by atoms with E-state index in [0.29, 0.717) is 5.82 Å². The number of nitrogens with zero attached hydrogens (tertiary/aromatic N) is 2. The Morgan fingerprint density at radius 2 is 1.92 bits per heavy atom. The minimum absolute atomic E-state index is 0.00872. The molecule has 4 rings (SSSR count). The number of nitrogens with one attached hydrogen (secondary N) is 1. The number of hydrogen-bond donors (Lipinski definition) is 2. The van der Waals surface area contributed by atoms with E-state index >= 15 is 0 Å². The summed E-state index contributed by atoms with van der Waals surface area (Å²) in [6.45, 7) is 1.83. The molecule has 1 aromatic heterocycles. The molecule has 26 heavy (non-hydrogen) atoms. The zero-order valence-electron chi connectivity index (χ0n) is 14.4. The van der Waals surface area contributed by atoms with Crippen LogP contribution in [0.3, 0.4) is 0 Å². The lowest BCUT2D eigenvalue weighted by Crippen LogP contribution is -2.44. The van der Waals surface area contributed by atoms with Crippen LogP contribution < -0.4 is 5.32 Å². The van der Waals surface area contributed by atoms with E-state index in [1.54, 1.807) is 11.5 Å². The average molecular weight is 349 g/mol. The van der Waals surface area contributed by atoms with Gasteiger partial charge in [0.15, 0.2) is 0 Å². The fourth-order valence-corrected chi connectivity index (χ4v) is 3.68. The van der Waals surface area contributed by atoms with Gasteiger partial charge in [0.25, 0.3) is 0 Å². The summed E-state index contributed by atoms with van der Waals surface area (Å²) in [5.41, 5.74) is 2.14. The van der Waals surface area contributed by atoms with E-state index in [9.17, 15) is 9.59 Å². The lowest BCUT2D eigenvalue weighted by molar-refractivity contribution is -0.122. The van der Waals surface area contributed by atoms with Crippen LogP contribution >= 0.6 is 0 Å². The number of imidazole rings is 1. The van der Waals surface area contributed by atoms with E-state index in [-0.39, 0.29) is 31.4 Å². The average Bonchev–Trinajstić information content (AvgIpc) is 3.04. The van der Waals surface area contributed by atoms with Crippen molar-refractivity contribution in [3.8, 4) is 11.4 Å². The molecule has 3 aromatic rings. The normalized spacial score (nSPS) is 18.5. The van der Waals surface area contributed by atoms with E-state index < -0.39 is 5.41 Å². The Labute approximate surface area is 150 Å². The molecule has 0 bridgehead atoms. The van der Waals surface area contributed by atoms with Gasteiger partial charge in [-0.25, -0.2) is 4.98 Å². The van der Waals surface area contributed by atoms with Crippen molar-refractivity contribution in [1.82, 2.24) is 14.9 Å². The standard InChI is InChI=1S/C20H19N3O3/c1-20(12-17(25)21-10-11-24)14-7-3-2-6-13(14)18-22-15-8-4-5-9-16(15)23(18)19(20)26/h2-9,24H,10-12H2,1H3,(H,21,25). The highest BCUT2D eigenvalue weighted by Gasteiger charge is 2.45. The fourth-order valence-electron chi connectivity index (χ4n) is 3.68. The van der Waals surface area contributed by atoms with Crippen molar-refractivity contribution in [1.29, 1.82) is 0 Å². The maximum Gasteiger partial charge on any atom is 0.243 e. The molecule has 0 spiro atoms. The van der Waals surface area contributed by atoms with Gasteiger partial charge in [-0.2, -0.15) is 0 Å². The molecule has 1 aliphatic rings. The number of benzene rings is 2. The Balaban J connectivity index is 1.90. The van der Waals surface area contributed by atoms with E-state index in [1.807, 2.05) is 48.5 Å². The van der Waals surface area contributed by atoms with Gasteiger partial charge in [0.1, 0.15) is 5.82 Å². The van der Waals surface area contributed by atoms with Gasteiger partial charge in [-0.05, 0) is 24.6 Å². The van der Waals surface area contributed by atoms with Gasteiger partial charge in [-0.1, -0.05) is 36.4 Å². The highest BCUT2D eigenvalue weighted by atomic mass is 16.3. The number of carbonyl (C=O) groups excluding carboxylic acids is 2. The van der Waals surface area contributed by atoms with Crippen molar-refractivity contribution in [2.45, 2.75) is 18.8 Å². The molecule has 1 amide bonds. The van der Waals surface area contributed by atoms with E-state index in [2.05, 4.69) is 10.3 Å². The number of fused-ring (bicyclic) bond motifs is 5. The predicted molar refractivity (Wildman–Crippen MR) is 97.9 cm³/mol. The van der Waals surface area contributed by atoms with Gasteiger partial charge in [-0.3, -0.25) is 14.2 Å². The molecule has 0 saturated carbocycles. The van der Waals surface area contributed by atoms with Crippen LogP contribution in [-0.2, 0) is 10.2 Å². The first-order chi connectivity index (χ1) is 12.6. The summed E-state index contributed by atoms with van der Waals surface area (Å²) in [6, 6.07) is 15.1. The van der Waals surface area contributed by atoms with E-state index in [4.69, 9.17) is 5.11 Å². The molecule has 132 valence electrons. The highest BCUT2D eigenvalue weighted by Crippen LogP contribution is 2.43. The Hall–Kier alpha value is -2.99. The second-order valence-electron chi connectivity index (χ2n) is 6.69. The second-order valence-corrected chi connectivity index (χ2v) is 6.69. The number of hydrogen-bond acceptors (Lipinski definition) is 4. The van der Waals surface area contributed by atoms with Crippen LogP contribution in [0.15, 0.2) is 48.5 Å². The quantitative estimate of drug-likeness (QED) is 0.756. The molecule has 0 saturated heterocycles. The van der Waals surface area contributed by atoms with Crippen LogP contribution in [0.5, 0.6) is 0 Å². The monoisotopic (exact) mass is 349 g/mol. The Morgan fingerprint density at radius 3 is 2.73 bits per heavy atom. The Morgan fingerprint density at radius 1 is 1.19 bits per heavy atom. The van der Waals surface area contributed by atoms with Crippen molar-refractivity contribution in [2.75, 3.05) is 13.2 Å². The third-order valence-electron chi connectivity index (χ3n) is 4.95. The van der Waals surface area contributed by atoms with Gasteiger partial charge in [-0.15, -0.1) is 0 Å². The van der Waals surface area contributed by atoms with Gasteiger partial charge >= 0.3 is 0 Å². The smallest absolute Gasteiger partial charge is 0.243 e. The highest BCUT2D eigenvalue weighted by molar-refractivity contribution is 6.06. The molecule has 1 aliphatic heterocycles. The third-order valence-corrected chi connectivity index (χ3v) is 4.95. The van der Waals surface area contributed by atoms with Crippen molar-refractivity contribution in [2.24, 2.45) is 0 Å². The molecule has 2 heterocycles. The van der Waals surface area contributed by atoms with E-state index in [1.165, 1.54) is 0 Å². The minimum Gasteiger partial charge on any atom is -0.395 e. The zero-order valence-corrected chi connectivity index (χ0v) is 14.4. The van der Waals surface area contributed by atoms with Gasteiger partial charge in [0, 0.05) is 18.5 Å². The number of para-hydroxylation sites is 2. The molecule has 1 atom stereocenters. The van der Waals surface area contributed by atoms with Crippen LogP contribution in [0.1, 0.15) is 23.7 Å². The molecular formula is C20H19N3O3. The maximum absolute atomic E-state index is 13.5. The molecule has 2 aromatic carbocycles. The lowest BCUT2D eigenvalue weighted by Gasteiger charge is -2.34. The number of rotatable bonds is 4. The summed E-state index contributed by atoms with van der Waals surface area (Å²) in [6.07, 6.45) is 0.00872. The summed E-state index contributed by atoms with van der Waals surface area (Å²) >= 11 is 0. The van der Waals surface area contributed by atoms with Crippen LogP contribution in [-0.4, -0.2) is 39.6 Å². The topological polar surface area (TPSA) is 84.2 Å². The fraction of sp³-hybridized carbons (Fsp3) is 0.250. The Bertz CT molecular complexity index is 1020. The number of aliphatic hydroxyl groups excluding tert-OH is 1. The third kappa shape index (κ3) is 2.34. The van der Waals surface area contributed by atoms with Crippen molar-refractivity contribution in [3.63, 3.8) is 0 Å². The van der Waals surface area contributed by atoms with Crippen molar-refractivity contribution >= 4 is 22.8 Å². The Kier molecular flexibility index (Phi) is 3.85. The lowest BCUT2D eigenvalue weighted by atomic mass is 9.74. The molecule has 0 aliphatic carbocycles. The number of aromatic nitrogens is 2. The van der Waals surface area contributed by atoms with Crippen LogP contribution in [0, 0.1) is 0 Å². The molecule has 6 nitrogen and oxygen atoms in total. The SMILES string of the molecule is CC1(CC(=O)NCCO)C(=O)n2c(nc3ccccc32)-c2ccccc21. The van der Waals surface area contributed by atoms with Crippen LogP contribution in [0.4, 0.5) is 0 Å². The molecule has 1 unspecified atom stereocenters. The van der Waals surface area contributed by atoms with E-state index in [0.717, 1.165) is 22.2 Å². The summed E-state index contributed by atoms with van der Waals surface area (Å²) in [7, 11) is 0. The van der Waals surface area contributed by atoms with Gasteiger partial charge < -0.3 is 10.4 Å². The van der Waals surface area contributed by atoms with Crippen molar-refractivity contribution < 1.29 is 14.7 Å². The summed E-state index contributed by atoms with van der Waals surface area (Å²) in [5, 5.41) is 11.6. The number of aliphatic hydroxyl groups is 1. The number of amides is 1. The first-order valence-electron chi connectivity index (χ1n) is 8.56. The van der Waals surface area contributed by atoms with Crippen LogP contribution in [0.2, 0.25) is 0 Å². The predicted octanol–water partition coefficient (Wildman–Crippen LogP) is 2.11. The van der Waals surface area contributed by atoms with Crippen LogP contribution in [0.25, 0.3) is 22.4 Å². The molecule has 0 radical (unpaired) electrons. The second kappa shape index (κ2) is 6.07. The zero-order chi connectivity index (χ0) is 18.3. The minimum atomic E-state index is -1.01.